The fourth-order valence-electron chi connectivity index (χ4n) is 1.26. The van der Waals surface area contributed by atoms with Crippen molar-refractivity contribution in [1.29, 1.82) is 0 Å². The van der Waals surface area contributed by atoms with Crippen LogP contribution >= 0.6 is 0 Å². The van der Waals surface area contributed by atoms with Crippen molar-refractivity contribution in [1.82, 2.24) is 10.6 Å². The van der Waals surface area contributed by atoms with Crippen molar-refractivity contribution in [3.8, 4) is 0 Å². The largest absolute Gasteiger partial charge is 0.381 e. The van der Waals surface area contributed by atoms with E-state index in [2.05, 4.69) is 17.6 Å². The molecule has 1 amide bonds. The van der Waals surface area contributed by atoms with Crippen molar-refractivity contribution in [3.63, 3.8) is 0 Å². The van der Waals surface area contributed by atoms with Crippen LogP contribution in [0.4, 0.5) is 0 Å². The Morgan fingerprint density at radius 1 is 1.31 bits per heavy atom. The van der Waals surface area contributed by atoms with Crippen LogP contribution < -0.4 is 10.6 Å². The van der Waals surface area contributed by atoms with E-state index in [4.69, 9.17) is 4.74 Å². The van der Waals surface area contributed by atoms with Crippen LogP contribution in [-0.2, 0) is 9.53 Å². The first-order valence-corrected chi connectivity index (χ1v) is 6.28. The number of carbonyl (C=O) groups excluding carboxylic acids is 1. The number of hydrogen-bond donors (Lipinski definition) is 2. The van der Waals surface area contributed by atoms with Crippen molar-refractivity contribution in [3.05, 3.63) is 0 Å². The molecule has 0 spiro atoms. The molecule has 4 nitrogen and oxygen atoms in total. The summed E-state index contributed by atoms with van der Waals surface area (Å²) in [4.78, 5) is 11.5. The number of rotatable bonds is 10. The second-order valence-corrected chi connectivity index (χ2v) is 3.97. The molecule has 96 valence electrons. The highest BCUT2D eigenvalue weighted by atomic mass is 16.5. The zero-order valence-corrected chi connectivity index (χ0v) is 10.8. The lowest BCUT2D eigenvalue weighted by Crippen LogP contribution is -2.36. The molecule has 0 aliphatic carbocycles. The first-order valence-electron chi connectivity index (χ1n) is 6.28. The number of carbonyl (C=O) groups is 1. The van der Waals surface area contributed by atoms with Crippen LogP contribution in [0.25, 0.3) is 0 Å². The molecular weight excluding hydrogens is 204 g/mol. The normalized spacial score (nSPS) is 12.4. The zero-order valence-electron chi connectivity index (χ0n) is 10.8. The van der Waals surface area contributed by atoms with E-state index in [1.807, 2.05) is 13.8 Å². The summed E-state index contributed by atoms with van der Waals surface area (Å²) in [7, 11) is 0. The fraction of sp³-hybridized carbons (Fsp3) is 0.917. The molecular formula is C12H26N2O2. The fourth-order valence-corrected chi connectivity index (χ4v) is 1.26. The molecule has 1 atom stereocenters. The summed E-state index contributed by atoms with van der Waals surface area (Å²) in [6.07, 6.45) is 1.94. The molecule has 0 bridgehead atoms. The van der Waals surface area contributed by atoms with Gasteiger partial charge in [0.25, 0.3) is 0 Å². The summed E-state index contributed by atoms with van der Waals surface area (Å²) in [5, 5.41) is 6.07. The lowest BCUT2D eigenvalue weighted by atomic mass is 10.1. The minimum Gasteiger partial charge on any atom is -0.381 e. The van der Waals surface area contributed by atoms with Gasteiger partial charge < -0.3 is 15.4 Å². The van der Waals surface area contributed by atoms with E-state index in [1.165, 1.54) is 0 Å². The highest BCUT2D eigenvalue weighted by molar-refractivity contribution is 5.78. The third-order valence-electron chi connectivity index (χ3n) is 2.26. The van der Waals surface area contributed by atoms with Gasteiger partial charge in [-0.3, -0.25) is 4.79 Å². The maximum Gasteiger partial charge on any atom is 0.224 e. The maximum atomic E-state index is 11.5. The van der Waals surface area contributed by atoms with E-state index >= 15 is 0 Å². The van der Waals surface area contributed by atoms with Gasteiger partial charge in [0.05, 0.1) is 0 Å². The highest BCUT2D eigenvalue weighted by Gasteiger charge is 2.10. The molecule has 0 fully saturated rings. The Kier molecular flexibility index (Phi) is 10.5. The van der Waals surface area contributed by atoms with Crippen LogP contribution in [-0.4, -0.2) is 38.8 Å². The van der Waals surface area contributed by atoms with Crippen molar-refractivity contribution >= 4 is 5.91 Å². The van der Waals surface area contributed by atoms with E-state index in [0.29, 0.717) is 6.54 Å². The molecule has 1 unspecified atom stereocenters. The predicted octanol–water partition coefficient (Wildman–Crippen LogP) is 1.16. The predicted molar refractivity (Wildman–Crippen MR) is 66.4 cm³/mol. The summed E-state index contributed by atoms with van der Waals surface area (Å²) in [6, 6.07) is 0. The Hall–Kier alpha value is -0.610. The zero-order chi connectivity index (χ0) is 12.2. The van der Waals surface area contributed by atoms with E-state index in [9.17, 15) is 4.79 Å². The van der Waals surface area contributed by atoms with E-state index in [-0.39, 0.29) is 11.8 Å². The molecule has 0 aromatic rings. The van der Waals surface area contributed by atoms with Gasteiger partial charge in [-0.1, -0.05) is 20.8 Å². The Balaban J connectivity index is 3.35. The number of amides is 1. The van der Waals surface area contributed by atoms with Gasteiger partial charge in [0.2, 0.25) is 5.91 Å². The minimum atomic E-state index is 0.0384. The van der Waals surface area contributed by atoms with Crippen LogP contribution in [0.1, 0.15) is 33.6 Å². The van der Waals surface area contributed by atoms with Gasteiger partial charge in [-0.2, -0.15) is 0 Å². The quantitative estimate of drug-likeness (QED) is 0.554. The van der Waals surface area contributed by atoms with Crippen molar-refractivity contribution in [2.24, 2.45) is 5.92 Å². The SMILES string of the molecule is CCCOCCCNC(=O)C(C)CNCC. The molecule has 0 saturated carbocycles. The van der Waals surface area contributed by atoms with E-state index in [1.54, 1.807) is 0 Å². The number of nitrogens with one attached hydrogen (secondary N) is 2. The van der Waals surface area contributed by atoms with Crippen molar-refractivity contribution in [2.45, 2.75) is 33.6 Å². The minimum absolute atomic E-state index is 0.0384. The molecule has 2 N–H and O–H groups in total. The highest BCUT2D eigenvalue weighted by Crippen LogP contribution is 1.92. The van der Waals surface area contributed by atoms with Gasteiger partial charge in [0, 0.05) is 32.2 Å². The first kappa shape index (κ1) is 15.4. The maximum absolute atomic E-state index is 11.5. The third-order valence-corrected chi connectivity index (χ3v) is 2.26. The van der Waals surface area contributed by atoms with Gasteiger partial charge in [-0.25, -0.2) is 0 Å². The molecule has 0 saturated heterocycles. The molecule has 0 aliphatic heterocycles. The molecule has 0 aromatic carbocycles. The van der Waals surface area contributed by atoms with E-state index < -0.39 is 0 Å². The lowest BCUT2D eigenvalue weighted by molar-refractivity contribution is -0.124. The second-order valence-electron chi connectivity index (χ2n) is 3.97. The van der Waals surface area contributed by atoms with Crippen LogP contribution in [0.2, 0.25) is 0 Å². The first-order chi connectivity index (χ1) is 7.72. The van der Waals surface area contributed by atoms with Crippen molar-refractivity contribution in [2.75, 3.05) is 32.8 Å². The van der Waals surface area contributed by atoms with Gasteiger partial charge in [-0.05, 0) is 19.4 Å². The van der Waals surface area contributed by atoms with Gasteiger partial charge in [0.1, 0.15) is 0 Å². The second kappa shape index (κ2) is 10.9. The molecule has 16 heavy (non-hydrogen) atoms. The summed E-state index contributed by atoms with van der Waals surface area (Å²) < 4.78 is 5.33. The number of ether oxygens (including phenoxy) is 1. The molecule has 0 aliphatic rings. The smallest absolute Gasteiger partial charge is 0.224 e. The van der Waals surface area contributed by atoms with Crippen LogP contribution in [0.15, 0.2) is 0 Å². The molecule has 0 radical (unpaired) electrons. The average molecular weight is 230 g/mol. The van der Waals surface area contributed by atoms with Crippen LogP contribution in [0, 0.1) is 5.92 Å². The molecule has 0 heterocycles. The summed E-state index contributed by atoms with van der Waals surface area (Å²) in [6.45, 7) is 9.96. The molecule has 0 aromatic heterocycles. The monoisotopic (exact) mass is 230 g/mol. The average Bonchev–Trinajstić information content (AvgIpc) is 2.30. The Labute approximate surface area is 99.1 Å². The summed E-state index contributed by atoms with van der Waals surface area (Å²) in [5.41, 5.74) is 0. The summed E-state index contributed by atoms with van der Waals surface area (Å²) >= 11 is 0. The molecule has 4 heteroatoms. The molecule has 0 rings (SSSR count). The Bertz CT molecular complexity index is 174. The number of hydrogen-bond acceptors (Lipinski definition) is 3. The Morgan fingerprint density at radius 3 is 2.69 bits per heavy atom. The topological polar surface area (TPSA) is 50.4 Å². The van der Waals surface area contributed by atoms with E-state index in [0.717, 1.165) is 39.1 Å². The van der Waals surface area contributed by atoms with Gasteiger partial charge >= 0.3 is 0 Å². The summed E-state index contributed by atoms with van der Waals surface area (Å²) in [5.74, 6) is 0.160. The Morgan fingerprint density at radius 2 is 2.06 bits per heavy atom. The van der Waals surface area contributed by atoms with Gasteiger partial charge in [0.15, 0.2) is 0 Å². The van der Waals surface area contributed by atoms with Crippen LogP contribution in [0.5, 0.6) is 0 Å². The standard InChI is InChI=1S/C12H26N2O2/c1-4-8-16-9-6-7-14-12(15)11(3)10-13-5-2/h11,13H,4-10H2,1-3H3,(H,14,15). The van der Waals surface area contributed by atoms with Crippen LogP contribution in [0.3, 0.4) is 0 Å². The lowest BCUT2D eigenvalue weighted by Gasteiger charge is -2.12. The van der Waals surface area contributed by atoms with Gasteiger partial charge in [-0.15, -0.1) is 0 Å². The van der Waals surface area contributed by atoms with Crippen molar-refractivity contribution < 1.29 is 9.53 Å². The third kappa shape index (κ3) is 8.68.